The van der Waals surface area contributed by atoms with E-state index in [0.717, 1.165) is 25.5 Å². The van der Waals surface area contributed by atoms with Crippen molar-refractivity contribution in [3.05, 3.63) is 12.3 Å². The summed E-state index contributed by atoms with van der Waals surface area (Å²) < 4.78 is 26.8. The van der Waals surface area contributed by atoms with Crippen molar-refractivity contribution in [2.75, 3.05) is 0 Å². The first-order chi connectivity index (χ1) is 5.56. The number of halogens is 2. The molecule has 0 aromatic rings. The molecule has 0 unspecified atom stereocenters. The number of alkyl halides is 2. The topological polar surface area (TPSA) is 29.5 Å². The maximum Gasteiger partial charge on any atom is 0.532 e. The zero-order valence-corrected chi connectivity index (χ0v) is 7.09. The normalized spacial score (nSPS) is 12.3. The number of hydrogen-bond donors (Lipinski definition) is 1. The van der Waals surface area contributed by atoms with Gasteiger partial charge in [-0.1, -0.05) is 19.8 Å². The third-order valence-electron chi connectivity index (χ3n) is 1.28. The molecule has 0 aromatic carbocycles. The molecule has 0 saturated heterocycles. The van der Waals surface area contributed by atoms with Gasteiger partial charge in [-0.15, -0.1) is 8.78 Å². The van der Waals surface area contributed by atoms with Gasteiger partial charge >= 0.3 is 6.29 Å². The molecule has 0 aliphatic heterocycles. The van der Waals surface area contributed by atoms with E-state index >= 15 is 0 Å². The Morgan fingerprint density at radius 1 is 1.42 bits per heavy atom. The van der Waals surface area contributed by atoms with Crippen molar-refractivity contribution < 1.29 is 18.6 Å². The molecule has 12 heavy (non-hydrogen) atoms. The molecule has 0 heterocycles. The van der Waals surface area contributed by atoms with Crippen LogP contribution in [-0.2, 0) is 4.74 Å². The molecule has 1 N–H and O–H groups in total. The van der Waals surface area contributed by atoms with E-state index in [0.29, 0.717) is 6.42 Å². The molecular formula is C8H14F2O2. The van der Waals surface area contributed by atoms with Crippen LogP contribution in [0.1, 0.15) is 32.6 Å². The minimum Gasteiger partial charge on any atom is -0.418 e. The Morgan fingerprint density at radius 3 is 2.58 bits per heavy atom. The summed E-state index contributed by atoms with van der Waals surface area (Å²) in [5, 5.41) is 7.81. The smallest absolute Gasteiger partial charge is 0.418 e. The van der Waals surface area contributed by atoms with Crippen molar-refractivity contribution in [1.82, 2.24) is 0 Å². The second-order valence-electron chi connectivity index (χ2n) is 2.47. The zero-order chi connectivity index (χ0) is 9.45. The third-order valence-corrected chi connectivity index (χ3v) is 1.28. The predicted octanol–water partition coefficient (Wildman–Crippen LogP) is 2.64. The molecule has 2 nitrogen and oxygen atoms in total. The molecule has 0 fully saturated rings. The first kappa shape index (κ1) is 11.4. The van der Waals surface area contributed by atoms with E-state index < -0.39 is 6.29 Å². The lowest BCUT2D eigenvalue weighted by molar-refractivity contribution is -0.348. The Kier molecular flexibility index (Phi) is 5.62. The van der Waals surface area contributed by atoms with E-state index in [1.54, 1.807) is 0 Å². The van der Waals surface area contributed by atoms with Crippen LogP contribution in [0.4, 0.5) is 8.78 Å². The Hall–Kier alpha value is -0.640. The van der Waals surface area contributed by atoms with Crippen molar-refractivity contribution in [3.63, 3.8) is 0 Å². The van der Waals surface area contributed by atoms with Gasteiger partial charge in [0.2, 0.25) is 0 Å². The second-order valence-corrected chi connectivity index (χ2v) is 2.47. The molecule has 0 amide bonds. The molecule has 72 valence electrons. The van der Waals surface area contributed by atoms with Gasteiger partial charge in [0.05, 0.1) is 6.26 Å². The highest BCUT2D eigenvalue weighted by Gasteiger charge is 2.24. The first-order valence-electron chi connectivity index (χ1n) is 3.99. The molecule has 0 spiro atoms. The summed E-state index contributed by atoms with van der Waals surface area (Å²) >= 11 is 0. The van der Waals surface area contributed by atoms with Crippen molar-refractivity contribution in [1.29, 1.82) is 0 Å². The standard InChI is InChI=1S/C8H14F2O2/c1-2-3-4-5-6-7-12-8(9,10)11/h6-7,11H,2-5H2,1H3/b7-6-. The minimum absolute atomic E-state index is 0.698. The maximum absolute atomic E-state index is 11.6. The lowest BCUT2D eigenvalue weighted by Gasteiger charge is -2.05. The zero-order valence-electron chi connectivity index (χ0n) is 7.09. The SMILES string of the molecule is CCCCC/C=C\OC(O)(F)F. The number of unbranched alkanes of at least 4 members (excludes halogenated alkanes) is 3. The van der Waals surface area contributed by atoms with Crippen LogP contribution in [0.3, 0.4) is 0 Å². The van der Waals surface area contributed by atoms with Crippen LogP contribution in [0.25, 0.3) is 0 Å². The largest absolute Gasteiger partial charge is 0.532 e. The fourth-order valence-electron chi connectivity index (χ4n) is 0.710. The van der Waals surface area contributed by atoms with Gasteiger partial charge in [0, 0.05) is 0 Å². The Bertz CT molecular complexity index is 130. The Morgan fingerprint density at radius 2 is 2.08 bits per heavy atom. The monoisotopic (exact) mass is 180 g/mol. The lowest BCUT2D eigenvalue weighted by Crippen LogP contribution is -2.15. The summed E-state index contributed by atoms with van der Waals surface area (Å²) in [7, 11) is 0. The van der Waals surface area contributed by atoms with Crippen LogP contribution < -0.4 is 0 Å². The average Bonchev–Trinajstić information content (AvgIpc) is 1.94. The number of rotatable bonds is 6. The second kappa shape index (κ2) is 5.94. The summed E-state index contributed by atoms with van der Waals surface area (Å²) in [5.41, 5.74) is 0. The van der Waals surface area contributed by atoms with Crippen LogP contribution in [0.2, 0.25) is 0 Å². The van der Waals surface area contributed by atoms with Crippen LogP contribution in [-0.4, -0.2) is 11.4 Å². The minimum atomic E-state index is -4.04. The molecular weight excluding hydrogens is 166 g/mol. The molecule has 0 bridgehead atoms. The van der Waals surface area contributed by atoms with E-state index in [9.17, 15) is 8.78 Å². The summed E-state index contributed by atoms with van der Waals surface area (Å²) in [6, 6.07) is 0. The van der Waals surface area contributed by atoms with Crippen LogP contribution in [0, 0.1) is 0 Å². The van der Waals surface area contributed by atoms with E-state index in [1.807, 2.05) is 0 Å². The molecule has 0 rings (SSSR count). The summed E-state index contributed by atoms with van der Waals surface area (Å²) in [5.74, 6) is 0. The van der Waals surface area contributed by atoms with E-state index in [1.165, 1.54) is 6.08 Å². The highest BCUT2D eigenvalue weighted by atomic mass is 19.3. The third kappa shape index (κ3) is 9.36. The quantitative estimate of drug-likeness (QED) is 0.387. The molecule has 0 aromatic heterocycles. The number of aliphatic hydroxyl groups is 1. The first-order valence-corrected chi connectivity index (χ1v) is 3.99. The van der Waals surface area contributed by atoms with Gasteiger partial charge in [-0.05, 0) is 18.9 Å². The van der Waals surface area contributed by atoms with E-state index in [4.69, 9.17) is 5.11 Å². The molecule has 0 saturated carbocycles. The lowest BCUT2D eigenvalue weighted by atomic mass is 10.2. The van der Waals surface area contributed by atoms with Crippen LogP contribution in [0.15, 0.2) is 12.3 Å². The van der Waals surface area contributed by atoms with Gasteiger partial charge in [0.1, 0.15) is 0 Å². The maximum atomic E-state index is 11.6. The average molecular weight is 180 g/mol. The van der Waals surface area contributed by atoms with Crippen molar-refractivity contribution in [2.45, 2.75) is 38.9 Å². The van der Waals surface area contributed by atoms with Crippen LogP contribution in [0.5, 0.6) is 0 Å². The highest BCUT2D eigenvalue weighted by molar-refractivity contribution is 4.73. The molecule has 0 radical (unpaired) electrons. The highest BCUT2D eigenvalue weighted by Crippen LogP contribution is 2.10. The van der Waals surface area contributed by atoms with Gasteiger partial charge in [-0.3, -0.25) is 0 Å². The van der Waals surface area contributed by atoms with Gasteiger partial charge < -0.3 is 9.84 Å². The van der Waals surface area contributed by atoms with Crippen molar-refractivity contribution in [3.8, 4) is 0 Å². The number of hydrogen-bond acceptors (Lipinski definition) is 2. The number of allylic oxidation sites excluding steroid dienone is 1. The summed E-state index contributed by atoms with van der Waals surface area (Å²) in [4.78, 5) is 0. The number of ether oxygens (including phenoxy) is 1. The van der Waals surface area contributed by atoms with Gasteiger partial charge in [0.15, 0.2) is 0 Å². The van der Waals surface area contributed by atoms with Gasteiger partial charge in [0.25, 0.3) is 0 Å². The fraction of sp³-hybridized carbons (Fsp3) is 0.750. The molecule has 4 heteroatoms. The fourth-order valence-corrected chi connectivity index (χ4v) is 0.710. The molecule has 0 atom stereocenters. The van der Waals surface area contributed by atoms with Crippen molar-refractivity contribution in [2.24, 2.45) is 0 Å². The molecule has 0 aliphatic carbocycles. The van der Waals surface area contributed by atoms with E-state index in [-0.39, 0.29) is 0 Å². The molecule has 0 aliphatic rings. The van der Waals surface area contributed by atoms with Gasteiger partial charge in [-0.25, -0.2) is 0 Å². The Balaban J connectivity index is 3.26. The summed E-state index contributed by atoms with van der Waals surface area (Å²) in [6.45, 7) is 2.06. The van der Waals surface area contributed by atoms with E-state index in [2.05, 4.69) is 11.7 Å². The summed E-state index contributed by atoms with van der Waals surface area (Å²) in [6.07, 6.45) is 2.07. The predicted molar refractivity (Wildman–Crippen MR) is 41.5 cm³/mol. The Labute approximate surface area is 70.8 Å². The van der Waals surface area contributed by atoms with Gasteiger partial charge in [-0.2, -0.15) is 0 Å². The van der Waals surface area contributed by atoms with Crippen LogP contribution >= 0.6 is 0 Å². The van der Waals surface area contributed by atoms with Crippen molar-refractivity contribution >= 4 is 0 Å².